The lowest BCUT2D eigenvalue weighted by atomic mass is 9.68. The van der Waals surface area contributed by atoms with Gasteiger partial charge in [0.15, 0.2) is 11.6 Å². The molecule has 2 saturated carbocycles. The van der Waals surface area contributed by atoms with Gasteiger partial charge in [-0.05, 0) is 79.7 Å². The number of hydrogen-bond acceptors (Lipinski definition) is 0. The van der Waals surface area contributed by atoms with Gasteiger partial charge in [-0.15, -0.1) is 6.58 Å². The second-order valence-corrected chi connectivity index (χ2v) is 8.07. The van der Waals surface area contributed by atoms with Crippen molar-refractivity contribution in [2.24, 2.45) is 17.8 Å². The molecule has 2 heteroatoms. The molecule has 1 aromatic rings. The summed E-state index contributed by atoms with van der Waals surface area (Å²) in [5.41, 5.74) is 1.01. The van der Waals surface area contributed by atoms with Crippen LogP contribution in [0, 0.1) is 29.4 Å². The number of hydrogen-bond donors (Lipinski definition) is 0. The molecule has 0 N–H and O–H groups in total. The summed E-state index contributed by atoms with van der Waals surface area (Å²) in [7, 11) is 0. The number of allylic oxidation sites excluding steroid dienone is 1. The van der Waals surface area contributed by atoms with Crippen LogP contribution in [0.4, 0.5) is 8.78 Å². The average Bonchev–Trinajstić information content (AvgIpc) is 2.60. The highest BCUT2D eigenvalue weighted by Crippen LogP contribution is 2.44. The van der Waals surface area contributed by atoms with Gasteiger partial charge in [-0.25, -0.2) is 8.78 Å². The van der Waals surface area contributed by atoms with E-state index in [0.717, 1.165) is 30.6 Å². The Balaban J connectivity index is 0.00000169. The first kappa shape index (κ1) is 17.6. The molecule has 0 atom stereocenters. The van der Waals surface area contributed by atoms with Gasteiger partial charge in [0.25, 0.3) is 0 Å². The van der Waals surface area contributed by atoms with Gasteiger partial charge in [0.1, 0.15) is 0 Å². The van der Waals surface area contributed by atoms with Crippen LogP contribution in [0.15, 0.2) is 24.8 Å². The Hall–Kier alpha value is -1.18. The predicted octanol–water partition coefficient (Wildman–Crippen LogP) is 7.29. The van der Waals surface area contributed by atoms with E-state index in [4.69, 9.17) is 0 Å². The summed E-state index contributed by atoms with van der Waals surface area (Å²) in [4.78, 5) is 0. The van der Waals surface area contributed by atoms with Crippen molar-refractivity contribution in [2.75, 3.05) is 0 Å². The third kappa shape index (κ3) is 3.73. The van der Waals surface area contributed by atoms with Gasteiger partial charge < -0.3 is 0 Å². The zero-order valence-electron chi connectivity index (χ0n) is 14.9. The SMILES string of the molecule is C=CCc1ccc(C2CCC(C3CCC(C)CC3)CC2)c(F)c1F.[HH].[HH]. The molecule has 0 heterocycles. The van der Waals surface area contributed by atoms with Crippen molar-refractivity contribution in [1.29, 1.82) is 0 Å². The molecule has 136 valence electrons. The maximum atomic E-state index is 14.5. The van der Waals surface area contributed by atoms with E-state index >= 15 is 0 Å². The van der Waals surface area contributed by atoms with Crippen molar-refractivity contribution < 1.29 is 11.6 Å². The van der Waals surface area contributed by atoms with Crippen LogP contribution in [0.3, 0.4) is 0 Å². The Morgan fingerprint density at radius 2 is 1.54 bits per heavy atom. The zero-order chi connectivity index (χ0) is 17.1. The normalized spacial score (nSPS) is 31.0. The van der Waals surface area contributed by atoms with E-state index in [9.17, 15) is 8.78 Å². The molecule has 24 heavy (non-hydrogen) atoms. The third-order valence-electron chi connectivity index (χ3n) is 6.50. The molecule has 0 aromatic heterocycles. The molecule has 0 amide bonds. The predicted molar refractivity (Wildman–Crippen MR) is 100 cm³/mol. The molecule has 2 aliphatic carbocycles. The molecule has 3 rings (SSSR count). The van der Waals surface area contributed by atoms with E-state index in [1.807, 2.05) is 6.07 Å². The molecular weight excluding hydrogens is 302 g/mol. The fourth-order valence-electron chi connectivity index (χ4n) is 4.89. The minimum Gasteiger partial charge on any atom is -0.203 e. The van der Waals surface area contributed by atoms with Crippen LogP contribution in [-0.2, 0) is 6.42 Å². The van der Waals surface area contributed by atoms with Crippen LogP contribution in [0.2, 0.25) is 0 Å². The van der Waals surface area contributed by atoms with Crippen LogP contribution in [0.5, 0.6) is 0 Å². The summed E-state index contributed by atoms with van der Waals surface area (Å²) in [6.45, 7) is 5.97. The molecule has 0 radical (unpaired) electrons. The molecule has 1 aromatic carbocycles. The van der Waals surface area contributed by atoms with Gasteiger partial charge in [0, 0.05) is 2.85 Å². The summed E-state index contributed by atoms with van der Waals surface area (Å²) in [5.74, 6) is 1.47. The van der Waals surface area contributed by atoms with Crippen molar-refractivity contribution in [1.82, 2.24) is 0 Å². The molecule has 2 fully saturated rings. The van der Waals surface area contributed by atoms with Crippen LogP contribution in [0.1, 0.15) is 78.2 Å². The summed E-state index contributed by atoms with van der Waals surface area (Å²) in [6, 6.07) is 3.55. The molecule has 2 aliphatic rings. The summed E-state index contributed by atoms with van der Waals surface area (Å²) >= 11 is 0. The van der Waals surface area contributed by atoms with E-state index in [1.54, 1.807) is 12.1 Å². The molecule has 0 bridgehead atoms. The van der Waals surface area contributed by atoms with Crippen molar-refractivity contribution in [3.8, 4) is 0 Å². The largest absolute Gasteiger partial charge is 0.203 e. The summed E-state index contributed by atoms with van der Waals surface area (Å²) in [5, 5.41) is 0. The van der Waals surface area contributed by atoms with E-state index in [1.165, 1.54) is 38.5 Å². The molecule has 0 unspecified atom stereocenters. The highest BCUT2D eigenvalue weighted by atomic mass is 19.2. The Bertz CT molecular complexity index is 572. The summed E-state index contributed by atoms with van der Waals surface area (Å²) in [6.07, 6.45) is 11.9. The van der Waals surface area contributed by atoms with Gasteiger partial charge in [-0.2, -0.15) is 0 Å². The standard InChI is InChI=1S/C22H30F2.2H2/c1-3-4-19-13-14-20(22(24)21(19)23)18-11-9-17(10-12-18)16-7-5-15(2)6-8-16;;/h3,13-18H,1,4-12H2,2H3;2*1H. The minimum absolute atomic E-state index is 0. The lowest BCUT2D eigenvalue weighted by Crippen LogP contribution is -2.25. The molecule has 0 nitrogen and oxygen atoms in total. The van der Waals surface area contributed by atoms with Gasteiger partial charge in [0.05, 0.1) is 0 Å². The fourth-order valence-corrected chi connectivity index (χ4v) is 4.89. The Morgan fingerprint density at radius 1 is 0.958 bits per heavy atom. The Labute approximate surface area is 148 Å². The molecular formula is C22H34F2. The first-order valence-electron chi connectivity index (χ1n) is 9.67. The van der Waals surface area contributed by atoms with Gasteiger partial charge in [0.2, 0.25) is 0 Å². The molecule has 0 spiro atoms. The minimum atomic E-state index is -0.671. The lowest BCUT2D eigenvalue weighted by Gasteiger charge is -2.37. The molecule has 0 aliphatic heterocycles. The highest BCUT2D eigenvalue weighted by Gasteiger charge is 2.31. The lowest BCUT2D eigenvalue weighted by molar-refractivity contribution is 0.164. The first-order valence-corrected chi connectivity index (χ1v) is 9.67. The first-order chi connectivity index (χ1) is 11.6. The smallest absolute Gasteiger partial charge is 0.162 e. The third-order valence-corrected chi connectivity index (χ3v) is 6.50. The van der Waals surface area contributed by atoms with E-state index in [2.05, 4.69) is 13.5 Å². The highest BCUT2D eigenvalue weighted by molar-refractivity contribution is 5.30. The average molecular weight is 337 g/mol. The second-order valence-electron chi connectivity index (χ2n) is 8.07. The maximum Gasteiger partial charge on any atom is 0.162 e. The monoisotopic (exact) mass is 336 g/mol. The summed E-state index contributed by atoms with van der Waals surface area (Å²) < 4.78 is 28.6. The number of rotatable bonds is 4. The van der Waals surface area contributed by atoms with Crippen LogP contribution in [-0.4, -0.2) is 0 Å². The zero-order valence-corrected chi connectivity index (χ0v) is 14.9. The van der Waals surface area contributed by atoms with E-state index in [0.29, 0.717) is 17.5 Å². The van der Waals surface area contributed by atoms with Crippen molar-refractivity contribution in [3.05, 3.63) is 47.5 Å². The van der Waals surface area contributed by atoms with Crippen LogP contribution in [0.25, 0.3) is 0 Å². The van der Waals surface area contributed by atoms with Gasteiger partial charge >= 0.3 is 0 Å². The van der Waals surface area contributed by atoms with Crippen molar-refractivity contribution >= 4 is 0 Å². The van der Waals surface area contributed by atoms with Crippen molar-refractivity contribution in [3.63, 3.8) is 0 Å². The Morgan fingerprint density at radius 3 is 2.12 bits per heavy atom. The van der Waals surface area contributed by atoms with Crippen LogP contribution >= 0.6 is 0 Å². The Kier molecular flexibility index (Phi) is 5.73. The number of benzene rings is 1. The van der Waals surface area contributed by atoms with Gasteiger partial charge in [-0.1, -0.05) is 38.0 Å². The van der Waals surface area contributed by atoms with Crippen LogP contribution < -0.4 is 0 Å². The van der Waals surface area contributed by atoms with Gasteiger partial charge in [-0.3, -0.25) is 0 Å². The molecule has 0 saturated heterocycles. The number of halogens is 2. The maximum absolute atomic E-state index is 14.5. The fraction of sp³-hybridized carbons (Fsp3) is 0.636. The quantitative estimate of drug-likeness (QED) is 0.506. The topological polar surface area (TPSA) is 0 Å². The van der Waals surface area contributed by atoms with Crippen molar-refractivity contribution in [2.45, 2.75) is 70.6 Å². The second kappa shape index (κ2) is 7.80. The van der Waals surface area contributed by atoms with E-state index in [-0.39, 0.29) is 8.77 Å². The van der Waals surface area contributed by atoms with E-state index < -0.39 is 11.6 Å².